The number of halogens is 1. The molecule has 2 aromatic heterocycles. The highest BCUT2D eigenvalue weighted by atomic mass is 35.5. The van der Waals surface area contributed by atoms with Crippen LogP contribution in [0.2, 0.25) is 0 Å². The number of nitrogens with zero attached hydrogens (tertiary/aromatic N) is 2. The molecule has 23 heavy (non-hydrogen) atoms. The van der Waals surface area contributed by atoms with E-state index in [4.69, 9.17) is 9.51 Å². The second-order valence-electron chi connectivity index (χ2n) is 5.44. The molecule has 1 aliphatic heterocycles. The van der Waals surface area contributed by atoms with Crippen molar-refractivity contribution < 1.29 is 4.52 Å². The van der Waals surface area contributed by atoms with Crippen LogP contribution in [0.25, 0.3) is 22.5 Å². The van der Waals surface area contributed by atoms with E-state index >= 15 is 0 Å². The van der Waals surface area contributed by atoms with Crippen molar-refractivity contribution in [3.63, 3.8) is 0 Å². The number of thiazole rings is 1. The van der Waals surface area contributed by atoms with Crippen LogP contribution in [0.5, 0.6) is 0 Å². The van der Waals surface area contributed by atoms with Crippen molar-refractivity contribution in [1.82, 2.24) is 15.5 Å². The summed E-state index contributed by atoms with van der Waals surface area (Å²) >= 11 is 1.68. The van der Waals surface area contributed by atoms with E-state index in [1.165, 1.54) is 5.57 Å². The molecule has 120 valence electrons. The Labute approximate surface area is 145 Å². The van der Waals surface area contributed by atoms with Crippen LogP contribution in [0.15, 0.2) is 40.3 Å². The highest BCUT2D eigenvalue weighted by Crippen LogP contribution is 2.30. The van der Waals surface area contributed by atoms with Gasteiger partial charge in [0.15, 0.2) is 5.76 Å². The minimum Gasteiger partial charge on any atom is -0.356 e. The lowest BCUT2D eigenvalue weighted by Gasteiger charge is -2.11. The van der Waals surface area contributed by atoms with Crippen molar-refractivity contribution >= 4 is 34.9 Å². The lowest BCUT2D eigenvalue weighted by atomic mass is 10.0. The molecule has 0 radical (unpaired) electrons. The van der Waals surface area contributed by atoms with Gasteiger partial charge in [-0.15, -0.1) is 23.7 Å². The lowest BCUT2D eigenvalue weighted by molar-refractivity contribution is 0.413. The molecule has 0 atom stereocenters. The molecule has 0 bridgehead atoms. The van der Waals surface area contributed by atoms with E-state index in [1.54, 1.807) is 11.3 Å². The Morgan fingerprint density at radius 1 is 1.17 bits per heavy atom. The summed E-state index contributed by atoms with van der Waals surface area (Å²) in [5.74, 6) is 0.821. The van der Waals surface area contributed by atoms with Gasteiger partial charge in [-0.05, 0) is 31.4 Å². The molecule has 0 fully saturated rings. The molecule has 0 saturated heterocycles. The molecule has 0 aromatic carbocycles. The summed E-state index contributed by atoms with van der Waals surface area (Å²) in [7, 11) is 0. The van der Waals surface area contributed by atoms with Crippen LogP contribution in [0.3, 0.4) is 0 Å². The van der Waals surface area contributed by atoms with E-state index < -0.39 is 0 Å². The average Bonchev–Trinajstić information content (AvgIpc) is 3.26. The molecule has 1 N–H and O–H groups in total. The Kier molecular flexibility index (Phi) is 5.10. The molecular formula is C17H18ClN3OS. The topological polar surface area (TPSA) is 51.0 Å². The van der Waals surface area contributed by atoms with E-state index in [1.807, 2.05) is 6.07 Å². The van der Waals surface area contributed by atoms with Gasteiger partial charge >= 0.3 is 0 Å². The maximum atomic E-state index is 5.48. The predicted molar refractivity (Wildman–Crippen MR) is 96.7 cm³/mol. The van der Waals surface area contributed by atoms with Crippen molar-refractivity contribution in [2.45, 2.75) is 19.3 Å². The van der Waals surface area contributed by atoms with E-state index in [-0.39, 0.29) is 12.4 Å². The van der Waals surface area contributed by atoms with Gasteiger partial charge in [0.25, 0.3) is 0 Å². The van der Waals surface area contributed by atoms with Crippen LogP contribution in [0.4, 0.5) is 0 Å². The normalized spacial score (nSPS) is 17.4. The third kappa shape index (κ3) is 3.47. The van der Waals surface area contributed by atoms with Crippen molar-refractivity contribution in [2.24, 2.45) is 0 Å². The standard InChI is InChI=1S/C17H17N3OS.ClH/c1-2-4-12(5-3-1)16-10-14(20-21-16)15-11-22-17(19-15)13-6-8-18-9-7-13;/h2,4-6,10-11,18H,1,3,7-9H2;1H. The van der Waals surface area contributed by atoms with Gasteiger partial charge < -0.3 is 9.84 Å². The van der Waals surface area contributed by atoms with Gasteiger partial charge in [0.2, 0.25) is 0 Å². The molecule has 6 heteroatoms. The van der Waals surface area contributed by atoms with E-state index in [0.717, 1.165) is 60.1 Å². The first-order valence-electron chi connectivity index (χ1n) is 7.60. The molecule has 0 amide bonds. The maximum Gasteiger partial charge on any atom is 0.167 e. The molecule has 2 aliphatic rings. The molecule has 1 aliphatic carbocycles. The number of hydrogen-bond acceptors (Lipinski definition) is 5. The van der Waals surface area contributed by atoms with E-state index in [0.29, 0.717) is 0 Å². The summed E-state index contributed by atoms with van der Waals surface area (Å²) in [4.78, 5) is 4.73. The number of hydrogen-bond donors (Lipinski definition) is 1. The molecule has 4 rings (SSSR count). The zero-order chi connectivity index (χ0) is 14.8. The summed E-state index contributed by atoms with van der Waals surface area (Å²) in [6.07, 6.45) is 11.9. The van der Waals surface area contributed by atoms with Crippen LogP contribution in [0, 0.1) is 0 Å². The highest BCUT2D eigenvalue weighted by molar-refractivity contribution is 7.11. The first-order valence-corrected chi connectivity index (χ1v) is 8.48. The summed E-state index contributed by atoms with van der Waals surface area (Å²) in [5.41, 5.74) is 4.15. The van der Waals surface area contributed by atoms with Gasteiger partial charge in [-0.2, -0.15) is 0 Å². The fourth-order valence-electron chi connectivity index (χ4n) is 2.68. The predicted octanol–water partition coefficient (Wildman–Crippen LogP) is 4.33. The molecule has 3 heterocycles. The second kappa shape index (κ2) is 7.25. The molecule has 2 aromatic rings. The zero-order valence-electron chi connectivity index (χ0n) is 12.6. The van der Waals surface area contributed by atoms with Crippen molar-refractivity contribution in [3.05, 3.63) is 46.5 Å². The molecule has 0 unspecified atom stereocenters. The largest absolute Gasteiger partial charge is 0.356 e. The SMILES string of the molecule is C1=CC(c2cc(-c3csc(C4=CCNCC4)n3)no2)=CCC1.Cl. The van der Waals surface area contributed by atoms with Crippen LogP contribution in [-0.2, 0) is 0 Å². The van der Waals surface area contributed by atoms with E-state index in [9.17, 15) is 0 Å². The third-order valence-electron chi connectivity index (χ3n) is 3.89. The van der Waals surface area contributed by atoms with Crippen LogP contribution < -0.4 is 5.32 Å². The number of allylic oxidation sites excluding steroid dienone is 4. The highest BCUT2D eigenvalue weighted by Gasteiger charge is 2.15. The van der Waals surface area contributed by atoms with Crippen molar-refractivity contribution in [1.29, 1.82) is 0 Å². The lowest BCUT2D eigenvalue weighted by Crippen LogP contribution is -2.19. The third-order valence-corrected chi connectivity index (χ3v) is 4.81. The maximum absolute atomic E-state index is 5.48. The minimum absolute atomic E-state index is 0. The Hall–Kier alpha value is -1.69. The molecule has 4 nitrogen and oxygen atoms in total. The van der Waals surface area contributed by atoms with Gasteiger partial charge in [-0.1, -0.05) is 29.5 Å². The fourth-order valence-corrected chi connectivity index (χ4v) is 3.57. The summed E-state index contributed by atoms with van der Waals surface area (Å²) in [5, 5.41) is 10.7. The molecule has 0 spiro atoms. The minimum atomic E-state index is 0. The summed E-state index contributed by atoms with van der Waals surface area (Å²) in [6.45, 7) is 1.95. The Morgan fingerprint density at radius 2 is 2.13 bits per heavy atom. The summed E-state index contributed by atoms with van der Waals surface area (Å²) in [6, 6.07) is 1.98. The van der Waals surface area contributed by atoms with Gasteiger partial charge in [0, 0.05) is 23.6 Å². The van der Waals surface area contributed by atoms with Gasteiger partial charge in [-0.3, -0.25) is 0 Å². The van der Waals surface area contributed by atoms with Gasteiger partial charge in [0.05, 0.1) is 0 Å². The Morgan fingerprint density at radius 3 is 2.91 bits per heavy atom. The molecule has 0 saturated carbocycles. The van der Waals surface area contributed by atoms with Gasteiger partial charge in [-0.25, -0.2) is 4.98 Å². The van der Waals surface area contributed by atoms with E-state index in [2.05, 4.69) is 40.2 Å². The molecular weight excluding hydrogens is 330 g/mol. The number of rotatable bonds is 3. The number of aromatic nitrogens is 2. The first kappa shape index (κ1) is 16.2. The Bertz CT molecular complexity index is 772. The second-order valence-corrected chi connectivity index (χ2v) is 6.30. The van der Waals surface area contributed by atoms with Crippen LogP contribution in [0.1, 0.15) is 30.0 Å². The quantitative estimate of drug-likeness (QED) is 0.897. The van der Waals surface area contributed by atoms with Gasteiger partial charge in [0.1, 0.15) is 16.4 Å². The fraction of sp³-hybridized carbons (Fsp3) is 0.294. The Balaban J connectivity index is 0.00000156. The monoisotopic (exact) mass is 347 g/mol. The average molecular weight is 348 g/mol. The smallest absolute Gasteiger partial charge is 0.167 e. The van der Waals surface area contributed by atoms with Crippen molar-refractivity contribution in [2.75, 3.05) is 13.1 Å². The number of nitrogens with one attached hydrogen (secondary N) is 1. The van der Waals surface area contributed by atoms with Crippen LogP contribution in [-0.4, -0.2) is 23.2 Å². The van der Waals surface area contributed by atoms with Crippen molar-refractivity contribution in [3.8, 4) is 11.4 Å². The van der Waals surface area contributed by atoms with Crippen LogP contribution >= 0.6 is 23.7 Å². The summed E-state index contributed by atoms with van der Waals surface area (Å²) < 4.78 is 5.48. The zero-order valence-corrected chi connectivity index (χ0v) is 14.3. The first-order chi connectivity index (χ1) is 10.9.